The molecule has 1 rings (SSSR count). The third-order valence-corrected chi connectivity index (χ3v) is 1.72. The van der Waals surface area contributed by atoms with Crippen molar-refractivity contribution in [1.29, 1.82) is 0 Å². The molecule has 0 aliphatic carbocycles. The Labute approximate surface area is 69.9 Å². The minimum atomic E-state index is -0.561. The molecular weight excluding hydrogens is 156 g/mol. The topological polar surface area (TPSA) is 54.9 Å². The largest absolute Gasteiger partial charge is 0.323 e. The molecule has 4 heteroatoms. The molecular formula is C8H12N2O2. The predicted octanol–water partition coefficient (Wildman–Crippen LogP) is 0.426. The number of nitrogens with zero attached hydrogens (tertiary/aromatic N) is 1. The number of H-pyrrole nitrogens is 1. The van der Waals surface area contributed by atoms with E-state index in [1.807, 2.05) is 13.8 Å². The molecule has 1 aromatic rings. The van der Waals surface area contributed by atoms with Gasteiger partial charge in [-0.15, -0.1) is 0 Å². The Morgan fingerprint density at radius 2 is 2.00 bits per heavy atom. The summed E-state index contributed by atoms with van der Waals surface area (Å²) in [6, 6.07) is 0.0276. The van der Waals surface area contributed by atoms with Crippen molar-refractivity contribution in [2.24, 2.45) is 0 Å². The fourth-order valence-electron chi connectivity index (χ4n) is 1.21. The molecule has 0 fully saturated rings. The van der Waals surface area contributed by atoms with Gasteiger partial charge in [-0.25, -0.2) is 0 Å². The van der Waals surface area contributed by atoms with Crippen LogP contribution in [0.2, 0.25) is 0 Å². The maximum Gasteiger partial charge on any atom is 0.316 e. The molecule has 0 aliphatic heterocycles. The maximum absolute atomic E-state index is 11.3. The second-order valence-corrected chi connectivity index (χ2v) is 3.03. The second kappa shape index (κ2) is 2.97. The van der Waals surface area contributed by atoms with Crippen molar-refractivity contribution in [3.05, 3.63) is 32.6 Å². The Morgan fingerprint density at radius 1 is 1.42 bits per heavy atom. The normalized spacial score (nSPS) is 10.7. The summed E-state index contributed by atoms with van der Waals surface area (Å²) in [5, 5.41) is 0. The van der Waals surface area contributed by atoms with Crippen molar-refractivity contribution in [1.82, 2.24) is 9.55 Å². The number of hydrogen-bond donors (Lipinski definition) is 1. The molecule has 66 valence electrons. The van der Waals surface area contributed by atoms with Crippen LogP contribution < -0.4 is 11.1 Å². The van der Waals surface area contributed by atoms with Gasteiger partial charge in [0.05, 0.1) is 0 Å². The molecule has 1 aromatic heterocycles. The zero-order chi connectivity index (χ0) is 9.30. The van der Waals surface area contributed by atoms with Crippen molar-refractivity contribution in [2.75, 3.05) is 0 Å². The monoisotopic (exact) mass is 168 g/mol. The van der Waals surface area contributed by atoms with E-state index in [9.17, 15) is 9.59 Å². The van der Waals surface area contributed by atoms with E-state index in [1.54, 1.807) is 13.1 Å². The molecule has 4 nitrogen and oxygen atoms in total. The van der Waals surface area contributed by atoms with Gasteiger partial charge in [-0.05, 0) is 20.8 Å². The van der Waals surface area contributed by atoms with E-state index in [1.165, 1.54) is 4.57 Å². The number of aromatic nitrogens is 2. The van der Waals surface area contributed by atoms with Crippen LogP contribution in [0.3, 0.4) is 0 Å². The first kappa shape index (κ1) is 8.77. The fraction of sp³-hybridized carbons (Fsp3) is 0.500. The number of hydrogen-bond acceptors (Lipinski definition) is 2. The molecule has 0 bridgehead atoms. The molecule has 0 saturated carbocycles. The molecule has 0 amide bonds. The Morgan fingerprint density at radius 3 is 2.42 bits per heavy atom. The molecule has 0 aromatic carbocycles. The fourth-order valence-corrected chi connectivity index (χ4v) is 1.21. The highest BCUT2D eigenvalue weighted by Crippen LogP contribution is 2.00. The summed E-state index contributed by atoms with van der Waals surface area (Å²) in [6.07, 6.45) is 1.55. The smallest absolute Gasteiger partial charge is 0.316 e. The van der Waals surface area contributed by atoms with Gasteiger partial charge >= 0.3 is 11.1 Å². The van der Waals surface area contributed by atoms with E-state index in [-0.39, 0.29) is 6.04 Å². The zero-order valence-electron chi connectivity index (χ0n) is 7.42. The highest BCUT2D eigenvalue weighted by atomic mass is 16.2. The van der Waals surface area contributed by atoms with Crippen LogP contribution in [0.1, 0.15) is 25.6 Å². The predicted molar refractivity (Wildman–Crippen MR) is 46.4 cm³/mol. The molecule has 0 saturated heterocycles. The van der Waals surface area contributed by atoms with Crippen LogP contribution in [0.25, 0.3) is 0 Å². The van der Waals surface area contributed by atoms with Gasteiger partial charge in [0.1, 0.15) is 0 Å². The van der Waals surface area contributed by atoms with Crippen LogP contribution in [0.15, 0.2) is 15.8 Å². The molecule has 0 radical (unpaired) electrons. The zero-order valence-corrected chi connectivity index (χ0v) is 7.42. The third-order valence-electron chi connectivity index (χ3n) is 1.72. The molecule has 12 heavy (non-hydrogen) atoms. The Hall–Kier alpha value is -1.32. The lowest BCUT2D eigenvalue weighted by molar-refractivity contribution is 0.553. The lowest BCUT2D eigenvalue weighted by Gasteiger charge is -2.11. The van der Waals surface area contributed by atoms with Crippen molar-refractivity contribution >= 4 is 0 Å². The van der Waals surface area contributed by atoms with Crippen LogP contribution in [-0.2, 0) is 0 Å². The number of rotatable bonds is 1. The maximum atomic E-state index is 11.3. The van der Waals surface area contributed by atoms with Gasteiger partial charge in [0.2, 0.25) is 0 Å². The summed E-state index contributed by atoms with van der Waals surface area (Å²) < 4.78 is 1.47. The van der Waals surface area contributed by atoms with Gasteiger partial charge in [0, 0.05) is 17.9 Å². The van der Waals surface area contributed by atoms with E-state index < -0.39 is 11.1 Å². The van der Waals surface area contributed by atoms with Crippen LogP contribution in [0.5, 0.6) is 0 Å². The number of aromatic amines is 1. The Bertz CT molecular complexity index is 387. The molecule has 1 heterocycles. The summed E-state index contributed by atoms with van der Waals surface area (Å²) in [5.74, 6) is 0. The first-order valence-corrected chi connectivity index (χ1v) is 3.85. The third kappa shape index (κ3) is 1.32. The van der Waals surface area contributed by atoms with E-state index >= 15 is 0 Å². The highest BCUT2D eigenvalue weighted by Gasteiger charge is 2.05. The van der Waals surface area contributed by atoms with Crippen LogP contribution in [0, 0.1) is 6.92 Å². The minimum Gasteiger partial charge on any atom is -0.323 e. The molecule has 0 atom stereocenters. The SMILES string of the molecule is Cc1c[nH]c(=O)c(=O)n1C(C)C. The lowest BCUT2D eigenvalue weighted by Crippen LogP contribution is -2.37. The molecule has 1 N–H and O–H groups in total. The molecule has 0 aliphatic rings. The Kier molecular flexibility index (Phi) is 2.17. The summed E-state index contributed by atoms with van der Waals surface area (Å²) in [5.41, 5.74) is -0.270. The minimum absolute atomic E-state index is 0.0276. The first-order valence-electron chi connectivity index (χ1n) is 3.85. The average Bonchev–Trinajstić information content (AvgIpc) is 1.97. The van der Waals surface area contributed by atoms with E-state index in [4.69, 9.17) is 0 Å². The van der Waals surface area contributed by atoms with E-state index in [2.05, 4.69) is 4.98 Å². The van der Waals surface area contributed by atoms with Crippen LogP contribution in [-0.4, -0.2) is 9.55 Å². The number of nitrogens with one attached hydrogen (secondary N) is 1. The van der Waals surface area contributed by atoms with Crippen molar-refractivity contribution in [3.63, 3.8) is 0 Å². The standard InChI is InChI=1S/C8H12N2O2/c1-5(2)10-6(3)4-9-7(11)8(10)12/h4-5H,1-3H3,(H,9,11). The van der Waals surface area contributed by atoms with Crippen molar-refractivity contribution in [2.45, 2.75) is 26.8 Å². The summed E-state index contributed by atoms with van der Waals surface area (Å²) in [4.78, 5) is 24.5. The quantitative estimate of drug-likeness (QED) is 0.618. The van der Waals surface area contributed by atoms with E-state index in [0.29, 0.717) is 0 Å². The molecule has 0 unspecified atom stereocenters. The van der Waals surface area contributed by atoms with Gasteiger partial charge < -0.3 is 9.55 Å². The van der Waals surface area contributed by atoms with Crippen molar-refractivity contribution < 1.29 is 0 Å². The highest BCUT2D eigenvalue weighted by molar-refractivity contribution is 4.97. The van der Waals surface area contributed by atoms with Crippen LogP contribution >= 0.6 is 0 Å². The van der Waals surface area contributed by atoms with Gasteiger partial charge in [-0.1, -0.05) is 0 Å². The summed E-state index contributed by atoms with van der Waals surface area (Å²) in [6.45, 7) is 5.53. The number of aryl methyl sites for hydroxylation is 1. The van der Waals surface area contributed by atoms with Crippen molar-refractivity contribution in [3.8, 4) is 0 Å². The van der Waals surface area contributed by atoms with Crippen LogP contribution in [0.4, 0.5) is 0 Å². The summed E-state index contributed by atoms with van der Waals surface area (Å²) >= 11 is 0. The van der Waals surface area contributed by atoms with Gasteiger partial charge in [-0.2, -0.15) is 0 Å². The van der Waals surface area contributed by atoms with Gasteiger partial charge in [0.15, 0.2) is 0 Å². The lowest BCUT2D eigenvalue weighted by atomic mass is 10.3. The van der Waals surface area contributed by atoms with Gasteiger partial charge in [-0.3, -0.25) is 9.59 Å². The average molecular weight is 168 g/mol. The van der Waals surface area contributed by atoms with E-state index in [0.717, 1.165) is 5.69 Å². The Balaban J connectivity index is 3.55. The second-order valence-electron chi connectivity index (χ2n) is 3.03. The van der Waals surface area contributed by atoms with Gasteiger partial charge in [0.25, 0.3) is 0 Å². The molecule has 0 spiro atoms. The summed E-state index contributed by atoms with van der Waals surface area (Å²) in [7, 11) is 0. The first-order chi connectivity index (χ1) is 5.54.